The van der Waals surface area contributed by atoms with E-state index in [1.807, 2.05) is 42.5 Å². The number of pyridine rings is 1. The second kappa shape index (κ2) is 9.34. The first-order valence-electron chi connectivity index (χ1n) is 10.9. The molecule has 2 aromatic carbocycles. The highest BCUT2D eigenvalue weighted by molar-refractivity contribution is 5.54. The standard InChI is InChI=1S/C26H23FN4O2/c27-21-6-3-4-18(14-21)17-33-24-7-2-1-5-20(24)15-31-13-10-22-23(16-31)29-25(30-26(22)32)19-8-11-28-12-9-19/h1-9,11-12,14H,10,13,15-17H2,(H,29,30,32). The molecule has 0 saturated carbocycles. The Bertz CT molecular complexity index is 1320. The molecule has 0 aliphatic carbocycles. The van der Waals surface area contributed by atoms with Crippen molar-refractivity contribution in [1.29, 1.82) is 0 Å². The van der Waals surface area contributed by atoms with Crippen LogP contribution < -0.4 is 10.3 Å². The predicted molar refractivity (Wildman–Crippen MR) is 123 cm³/mol. The molecule has 0 fully saturated rings. The van der Waals surface area contributed by atoms with E-state index < -0.39 is 0 Å². The number of nitrogens with one attached hydrogen (secondary N) is 1. The molecule has 4 aromatic rings. The van der Waals surface area contributed by atoms with Crippen LogP contribution in [0.5, 0.6) is 5.75 Å². The smallest absolute Gasteiger partial charge is 0.254 e. The molecular weight excluding hydrogens is 419 g/mol. The highest BCUT2D eigenvalue weighted by Gasteiger charge is 2.22. The summed E-state index contributed by atoms with van der Waals surface area (Å²) in [5.41, 5.74) is 4.12. The molecule has 7 heteroatoms. The van der Waals surface area contributed by atoms with Gasteiger partial charge < -0.3 is 9.72 Å². The van der Waals surface area contributed by atoms with Crippen LogP contribution in [0, 0.1) is 5.82 Å². The molecule has 3 heterocycles. The zero-order valence-corrected chi connectivity index (χ0v) is 18.0. The molecule has 1 aliphatic rings. The Hall–Kier alpha value is -3.84. The van der Waals surface area contributed by atoms with Crippen LogP contribution in [0.2, 0.25) is 0 Å². The first kappa shape index (κ1) is 21.0. The third-order valence-electron chi connectivity index (χ3n) is 5.76. The summed E-state index contributed by atoms with van der Waals surface area (Å²) in [5.74, 6) is 1.05. The number of H-pyrrole nitrogens is 1. The number of aromatic amines is 1. The summed E-state index contributed by atoms with van der Waals surface area (Å²) in [5, 5.41) is 0. The van der Waals surface area contributed by atoms with Gasteiger partial charge in [-0.2, -0.15) is 0 Å². The molecule has 5 rings (SSSR count). The Kier molecular flexibility index (Phi) is 5.95. The van der Waals surface area contributed by atoms with Crippen LogP contribution in [0.15, 0.2) is 77.9 Å². The van der Waals surface area contributed by atoms with Gasteiger partial charge in [-0.1, -0.05) is 30.3 Å². The summed E-state index contributed by atoms with van der Waals surface area (Å²) in [6.07, 6.45) is 4.00. The third kappa shape index (κ3) is 4.83. The van der Waals surface area contributed by atoms with E-state index >= 15 is 0 Å². The van der Waals surface area contributed by atoms with Gasteiger partial charge >= 0.3 is 0 Å². The van der Waals surface area contributed by atoms with E-state index in [4.69, 9.17) is 9.72 Å². The van der Waals surface area contributed by atoms with Gasteiger partial charge in [-0.3, -0.25) is 14.7 Å². The first-order valence-corrected chi connectivity index (χ1v) is 10.9. The molecule has 1 aliphatic heterocycles. The SMILES string of the molecule is O=c1[nH]c(-c2ccncc2)nc2c1CCN(Cc1ccccc1OCc1cccc(F)c1)C2. The third-order valence-corrected chi connectivity index (χ3v) is 5.76. The molecule has 0 radical (unpaired) electrons. The van der Waals surface area contributed by atoms with Gasteiger partial charge in [0.25, 0.3) is 5.56 Å². The van der Waals surface area contributed by atoms with E-state index in [0.29, 0.717) is 31.9 Å². The largest absolute Gasteiger partial charge is 0.489 e. The number of aromatic nitrogens is 3. The maximum Gasteiger partial charge on any atom is 0.254 e. The zero-order chi connectivity index (χ0) is 22.6. The van der Waals surface area contributed by atoms with E-state index in [1.165, 1.54) is 12.1 Å². The van der Waals surface area contributed by atoms with Crippen LogP contribution in [-0.2, 0) is 26.1 Å². The van der Waals surface area contributed by atoms with Crippen LogP contribution in [-0.4, -0.2) is 26.4 Å². The van der Waals surface area contributed by atoms with Crippen molar-refractivity contribution in [3.63, 3.8) is 0 Å². The molecule has 1 N–H and O–H groups in total. The second-order valence-electron chi connectivity index (χ2n) is 8.06. The fraction of sp³-hybridized carbons (Fsp3) is 0.192. The second-order valence-corrected chi connectivity index (χ2v) is 8.06. The predicted octanol–water partition coefficient (Wildman–Crippen LogP) is 4.11. The highest BCUT2D eigenvalue weighted by Crippen LogP contribution is 2.24. The topological polar surface area (TPSA) is 71.1 Å². The molecule has 0 saturated heterocycles. The van der Waals surface area contributed by atoms with Gasteiger partial charge in [0, 0.05) is 48.7 Å². The van der Waals surface area contributed by atoms with Crippen molar-refractivity contribution in [3.8, 4) is 17.1 Å². The maximum atomic E-state index is 13.5. The van der Waals surface area contributed by atoms with Crippen molar-refractivity contribution in [2.24, 2.45) is 0 Å². The highest BCUT2D eigenvalue weighted by atomic mass is 19.1. The Balaban J connectivity index is 1.33. The molecule has 0 spiro atoms. The number of hydrogen-bond acceptors (Lipinski definition) is 5. The molecule has 0 bridgehead atoms. The Labute approximate surface area is 190 Å². The van der Waals surface area contributed by atoms with Crippen molar-refractivity contribution in [2.75, 3.05) is 6.54 Å². The molecule has 6 nitrogen and oxygen atoms in total. The molecule has 33 heavy (non-hydrogen) atoms. The lowest BCUT2D eigenvalue weighted by molar-refractivity contribution is 0.232. The lowest BCUT2D eigenvalue weighted by Gasteiger charge is -2.28. The summed E-state index contributed by atoms with van der Waals surface area (Å²) in [7, 11) is 0. The Morgan fingerprint density at radius 2 is 1.91 bits per heavy atom. The molecular formula is C26H23FN4O2. The van der Waals surface area contributed by atoms with Crippen LogP contribution in [0.3, 0.4) is 0 Å². The number of nitrogens with zero attached hydrogens (tertiary/aromatic N) is 3. The van der Waals surface area contributed by atoms with Gasteiger partial charge in [-0.25, -0.2) is 9.37 Å². The van der Waals surface area contributed by atoms with E-state index in [2.05, 4.69) is 14.9 Å². The lowest BCUT2D eigenvalue weighted by atomic mass is 10.0. The van der Waals surface area contributed by atoms with E-state index in [0.717, 1.165) is 40.2 Å². The molecule has 0 unspecified atom stereocenters. The van der Waals surface area contributed by atoms with Gasteiger partial charge in [0.1, 0.15) is 24.0 Å². The van der Waals surface area contributed by atoms with Crippen molar-refractivity contribution in [1.82, 2.24) is 19.9 Å². The minimum Gasteiger partial charge on any atom is -0.489 e. The molecule has 0 atom stereocenters. The molecule has 2 aromatic heterocycles. The monoisotopic (exact) mass is 442 g/mol. The van der Waals surface area contributed by atoms with E-state index in [-0.39, 0.29) is 11.4 Å². The van der Waals surface area contributed by atoms with Crippen molar-refractivity contribution in [2.45, 2.75) is 26.1 Å². The summed E-state index contributed by atoms with van der Waals surface area (Å²) >= 11 is 0. The van der Waals surface area contributed by atoms with Gasteiger partial charge in [-0.05, 0) is 42.3 Å². The summed E-state index contributed by atoms with van der Waals surface area (Å²) < 4.78 is 19.5. The van der Waals surface area contributed by atoms with Gasteiger partial charge in [0.05, 0.1) is 5.69 Å². The minimum atomic E-state index is -0.273. The van der Waals surface area contributed by atoms with Gasteiger partial charge in [0.2, 0.25) is 0 Å². The summed E-state index contributed by atoms with van der Waals surface area (Å²) in [6, 6.07) is 18.0. The summed E-state index contributed by atoms with van der Waals surface area (Å²) in [4.78, 5) is 26.6. The Morgan fingerprint density at radius 3 is 2.76 bits per heavy atom. The van der Waals surface area contributed by atoms with Crippen LogP contribution in [0.4, 0.5) is 4.39 Å². The average molecular weight is 442 g/mol. The molecule has 166 valence electrons. The summed E-state index contributed by atoms with van der Waals surface area (Å²) in [6.45, 7) is 2.29. The first-order chi connectivity index (χ1) is 16.2. The van der Waals surface area contributed by atoms with E-state index in [1.54, 1.807) is 18.5 Å². The number of para-hydroxylation sites is 1. The van der Waals surface area contributed by atoms with Crippen LogP contribution in [0.25, 0.3) is 11.4 Å². The zero-order valence-electron chi connectivity index (χ0n) is 18.0. The number of halogens is 1. The lowest BCUT2D eigenvalue weighted by Crippen LogP contribution is -2.35. The van der Waals surface area contributed by atoms with Gasteiger partial charge in [0.15, 0.2) is 0 Å². The average Bonchev–Trinajstić information content (AvgIpc) is 2.84. The Morgan fingerprint density at radius 1 is 1.06 bits per heavy atom. The number of rotatable bonds is 6. The normalized spacial score (nSPS) is 13.5. The van der Waals surface area contributed by atoms with Crippen molar-refractivity contribution in [3.05, 3.63) is 112 Å². The fourth-order valence-corrected chi connectivity index (χ4v) is 4.08. The van der Waals surface area contributed by atoms with Crippen LogP contribution in [0.1, 0.15) is 22.4 Å². The minimum absolute atomic E-state index is 0.0784. The van der Waals surface area contributed by atoms with E-state index in [9.17, 15) is 9.18 Å². The fourth-order valence-electron chi connectivity index (χ4n) is 4.08. The number of fused-ring (bicyclic) bond motifs is 1. The quantitative estimate of drug-likeness (QED) is 0.487. The van der Waals surface area contributed by atoms with Crippen molar-refractivity contribution < 1.29 is 9.13 Å². The molecule has 0 amide bonds. The number of benzene rings is 2. The van der Waals surface area contributed by atoms with Gasteiger partial charge in [-0.15, -0.1) is 0 Å². The maximum absolute atomic E-state index is 13.5. The van der Waals surface area contributed by atoms with Crippen molar-refractivity contribution >= 4 is 0 Å². The number of ether oxygens (including phenoxy) is 1. The van der Waals surface area contributed by atoms with Crippen LogP contribution >= 0.6 is 0 Å². The number of hydrogen-bond donors (Lipinski definition) is 1.